The molecule has 3 fully saturated rings. The molecule has 15 nitrogen and oxygen atoms in total. The number of rotatable bonds is 25. The minimum Gasteiger partial charge on any atom is -0.497 e. The van der Waals surface area contributed by atoms with Gasteiger partial charge in [0, 0.05) is 12.0 Å². The minimum absolute atomic E-state index is 0.0484. The van der Waals surface area contributed by atoms with E-state index in [1.54, 1.807) is 40.6 Å². The van der Waals surface area contributed by atoms with E-state index in [0.717, 1.165) is 66.5 Å². The minimum atomic E-state index is -1.56. The lowest BCUT2D eigenvalue weighted by Crippen LogP contribution is -2.66. The molecule has 0 amide bonds. The topological polar surface area (TPSA) is 160 Å². The maximum Gasteiger partial charge on any atom is 0.187 e. The Hall–Kier alpha value is -4.80. The van der Waals surface area contributed by atoms with Crippen molar-refractivity contribution >= 4 is 0 Å². The van der Waals surface area contributed by atoms with Gasteiger partial charge in [-0.2, -0.15) is 0 Å². The lowest BCUT2D eigenvalue weighted by atomic mass is 9.96. The van der Waals surface area contributed by atoms with Gasteiger partial charge in [0.25, 0.3) is 0 Å². The molecule has 7 rings (SSSR count). The molecule has 3 aliphatic heterocycles. The van der Waals surface area contributed by atoms with Crippen molar-refractivity contribution in [2.75, 3.05) is 41.7 Å². The number of aliphatic hydroxyl groups is 2. The van der Waals surface area contributed by atoms with Crippen molar-refractivity contribution < 1.29 is 71.8 Å². The van der Waals surface area contributed by atoms with Crippen molar-refractivity contribution in [1.29, 1.82) is 0 Å². The second kappa shape index (κ2) is 27.1. The van der Waals surface area contributed by atoms with Crippen molar-refractivity contribution in [1.82, 2.24) is 0 Å². The van der Waals surface area contributed by atoms with Gasteiger partial charge in [0.05, 0.1) is 67.6 Å². The van der Waals surface area contributed by atoms with E-state index in [1.807, 2.05) is 98.8 Å². The predicted octanol–water partition coefficient (Wildman–Crippen LogP) is 7.85. The van der Waals surface area contributed by atoms with Crippen LogP contribution >= 0.6 is 0 Å². The molecular weight excluding hydrogens is 901 g/mol. The Kier molecular flexibility index (Phi) is 20.6. The van der Waals surface area contributed by atoms with Crippen LogP contribution in [0.3, 0.4) is 0 Å². The van der Waals surface area contributed by atoms with E-state index in [4.69, 9.17) is 61.6 Å². The number of benzene rings is 4. The van der Waals surface area contributed by atoms with Crippen LogP contribution in [-0.4, -0.2) is 119 Å². The average Bonchev–Trinajstić information content (AvgIpc) is 3.40. The molecule has 380 valence electrons. The maximum absolute atomic E-state index is 11.9. The zero-order valence-corrected chi connectivity index (χ0v) is 41.1. The second-order valence-corrected chi connectivity index (χ2v) is 17.6. The van der Waals surface area contributed by atoms with Crippen LogP contribution in [0.15, 0.2) is 97.1 Å². The van der Waals surface area contributed by atoms with Gasteiger partial charge in [-0.15, -0.1) is 11.8 Å². The molecule has 2 N–H and O–H groups in total. The summed E-state index contributed by atoms with van der Waals surface area (Å²) in [5.41, 5.74) is 3.40. The Morgan fingerprint density at radius 1 is 0.600 bits per heavy atom. The molecular formula is C55H70O15. The summed E-state index contributed by atoms with van der Waals surface area (Å²) in [5, 5.41) is 23.6. The number of hydrogen-bond acceptors (Lipinski definition) is 15. The first kappa shape index (κ1) is 53.0. The van der Waals surface area contributed by atoms with Crippen molar-refractivity contribution in [2.24, 2.45) is 0 Å². The lowest BCUT2D eigenvalue weighted by Gasteiger charge is -2.50. The van der Waals surface area contributed by atoms with E-state index in [0.29, 0.717) is 17.2 Å². The third kappa shape index (κ3) is 14.6. The van der Waals surface area contributed by atoms with Gasteiger partial charge in [-0.1, -0.05) is 67.8 Å². The summed E-state index contributed by atoms with van der Waals surface area (Å²) in [6.45, 7) is 4.60. The molecule has 0 spiro atoms. The molecule has 0 saturated carbocycles. The highest BCUT2D eigenvalue weighted by atomic mass is 16.8. The second-order valence-electron chi connectivity index (χ2n) is 17.6. The maximum atomic E-state index is 11.9. The molecule has 3 aliphatic rings. The number of methoxy groups -OCH3 is 4. The summed E-state index contributed by atoms with van der Waals surface area (Å²) in [7, 11) is 6.46. The Labute approximate surface area is 412 Å². The first-order valence-corrected chi connectivity index (χ1v) is 24.2. The van der Waals surface area contributed by atoms with Crippen LogP contribution in [0.25, 0.3) is 0 Å². The van der Waals surface area contributed by atoms with Gasteiger partial charge in [-0.05, 0) is 91.9 Å². The predicted molar refractivity (Wildman–Crippen MR) is 258 cm³/mol. The molecule has 70 heavy (non-hydrogen) atoms. The molecule has 0 aromatic heterocycles. The van der Waals surface area contributed by atoms with Crippen LogP contribution in [0.4, 0.5) is 0 Å². The highest BCUT2D eigenvalue weighted by Gasteiger charge is 2.54. The standard InChI is InChI=1S/C55H70O15/c1-7-8-9-10-11-12-13-14-36(2)66-55-52(70-54-48(57)47(56)49-46(67-54)35-65-53(69-49)40-21-29-44(61-6)30-22-40)51(64-33-39-19-27-43(60-5)28-20-39)50(63-32-38-17-25-42(59-4)26-18-38)45(68-55)34-62-31-37-15-23-41(58-3)24-16-37/h15-30,36,45-57H,9-14,31-35H2,1-6H3/t36-,45+,46+,47+,48+,49+,50+,51-,52+,53+,54-,55+/m0/s1. The fraction of sp³-hybridized carbons (Fsp3) is 0.527. The molecule has 0 radical (unpaired) electrons. The molecule has 4 aromatic carbocycles. The van der Waals surface area contributed by atoms with Gasteiger partial charge in [-0.3, -0.25) is 0 Å². The molecule has 0 aliphatic carbocycles. The summed E-state index contributed by atoms with van der Waals surface area (Å²) in [6, 6.07) is 30.1. The van der Waals surface area contributed by atoms with Crippen molar-refractivity contribution in [3.05, 3.63) is 119 Å². The van der Waals surface area contributed by atoms with Gasteiger partial charge in [0.2, 0.25) is 0 Å². The normalized spacial score (nSPS) is 26.8. The molecule has 0 bridgehead atoms. The number of hydrogen-bond donors (Lipinski definition) is 2. The van der Waals surface area contributed by atoms with Crippen molar-refractivity contribution in [3.8, 4) is 34.8 Å². The Balaban J connectivity index is 1.18. The van der Waals surface area contributed by atoms with Crippen LogP contribution in [0.5, 0.6) is 23.0 Å². The molecule has 4 aromatic rings. The Bertz CT molecular complexity index is 2180. The lowest BCUT2D eigenvalue weighted by molar-refractivity contribution is -0.397. The molecule has 0 unspecified atom stereocenters. The van der Waals surface area contributed by atoms with Crippen LogP contribution in [0, 0.1) is 11.8 Å². The van der Waals surface area contributed by atoms with E-state index >= 15 is 0 Å². The van der Waals surface area contributed by atoms with E-state index < -0.39 is 67.7 Å². The summed E-state index contributed by atoms with van der Waals surface area (Å²) >= 11 is 0. The molecule has 3 heterocycles. The Morgan fingerprint density at radius 3 is 1.71 bits per heavy atom. The fourth-order valence-corrected chi connectivity index (χ4v) is 8.70. The smallest absolute Gasteiger partial charge is 0.187 e. The average molecular weight is 971 g/mol. The summed E-state index contributed by atoms with van der Waals surface area (Å²) < 4.78 is 81.3. The number of ether oxygens (including phenoxy) is 13. The quantitative estimate of drug-likeness (QED) is 0.0488. The number of fused-ring (bicyclic) bond motifs is 1. The van der Waals surface area contributed by atoms with Gasteiger partial charge in [-0.25, -0.2) is 0 Å². The van der Waals surface area contributed by atoms with Crippen molar-refractivity contribution in [2.45, 2.75) is 146 Å². The zero-order valence-electron chi connectivity index (χ0n) is 41.1. The van der Waals surface area contributed by atoms with Crippen LogP contribution in [0.2, 0.25) is 0 Å². The van der Waals surface area contributed by atoms with E-state index in [9.17, 15) is 10.2 Å². The summed E-state index contributed by atoms with van der Waals surface area (Å²) in [4.78, 5) is 0. The van der Waals surface area contributed by atoms with Gasteiger partial charge in [0.15, 0.2) is 18.9 Å². The number of unbranched alkanes of at least 4 members (excludes halogenated alkanes) is 4. The van der Waals surface area contributed by atoms with Gasteiger partial charge in [0.1, 0.15) is 71.8 Å². The highest BCUT2D eigenvalue weighted by Crippen LogP contribution is 2.38. The molecule has 15 heteroatoms. The monoisotopic (exact) mass is 970 g/mol. The first-order valence-electron chi connectivity index (χ1n) is 24.2. The van der Waals surface area contributed by atoms with Crippen LogP contribution < -0.4 is 18.9 Å². The van der Waals surface area contributed by atoms with Gasteiger partial charge >= 0.3 is 0 Å². The summed E-state index contributed by atoms with van der Waals surface area (Å²) in [6.07, 6.45) is -6.15. The fourth-order valence-electron chi connectivity index (χ4n) is 8.70. The third-order valence-corrected chi connectivity index (χ3v) is 12.7. The van der Waals surface area contributed by atoms with Gasteiger partial charge < -0.3 is 71.8 Å². The van der Waals surface area contributed by atoms with Crippen LogP contribution in [0.1, 0.15) is 80.9 Å². The van der Waals surface area contributed by atoms with E-state index in [1.165, 1.54) is 0 Å². The summed E-state index contributed by atoms with van der Waals surface area (Å²) in [5.74, 6) is 8.95. The third-order valence-electron chi connectivity index (χ3n) is 12.7. The zero-order chi connectivity index (χ0) is 49.2. The highest BCUT2D eigenvalue weighted by molar-refractivity contribution is 5.30. The van der Waals surface area contributed by atoms with E-state index in [2.05, 4.69) is 11.8 Å². The first-order chi connectivity index (χ1) is 34.2. The SMILES string of the molecule is CC#CCCCCCC[C@H](C)O[C@@H]1O[C@H](COCc2ccc(OC)cc2)[C@@H](OCc2ccc(OC)cc2)[C@H](OCc2ccc(OC)cc2)[C@H]1O[C@@H]1O[C@@H]2CO[C@@H](c3ccc(OC)cc3)O[C@H]2[C@H](O)[C@H]1O. The molecule has 12 atom stereocenters. The van der Waals surface area contributed by atoms with Crippen LogP contribution in [-0.2, 0) is 62.5 Å². The number of aliphatic hydroxyl groups excluding tert-OH is 2. The largest absolute Gasteiger partial charge is 0.497 e. The van der Waals surface area contributed by atoms with E-state index in [-0.39, 0.29) is 39.1 Å². The molecule has 3 saturated heterocycles. The van der Waals surface area contributed by atoms with Crippen molar-refractivity contribution in [3.63, 3.8) is 0 Å². The Morgan fingerprint density at radius 2 is 1.14 bits per heavy atom.